The number of ether oxygens (including phenoxy) is 3. The van der Waals surface area contributed by atoms with Gasteiger partial charge < -0.3 is 19.5 Å². The SMILES string of the molecule is COc1cc(C(=O)Nc2ccccc2Sc2c(C)c(C)nc3ncnn23)cc(OC)c1OC. The van der Waals surface area contributed by atoms with Crippen molar-refractivity contribution in [3.8, 4) is 17.2 Å². The van der Waals surface area contributed by atoms with E-state index >= 15 is 0 Å². The average Bonchev–Trinajstić information content (AvgIpc) is 3.29. The molecule has 4 aromatic rings. The second-order valence-electron chi connectivity index (χ2n) is 7.07. The van der Waals surface area contributed by atoms with E-state index in [1.54, 1.807) is 16.6 Å². The van der Waals surface area contributed by atoms with Crippen LogP contribution in [-0.4, -0.2) is 46.8 Å². The van der Waals surface area contributed by atoms with Crippen molar-refractivity contribution < 1.29 is 19.0 Å². The van der Waals surface area contributed by atoms with Crippen LogP contribution in [0.1, 0.15) is 21.6 Å². The number of para-hydroxylation sites is 1. The Morgan fingerprint density at radius 3 is 2.39 bits per heavy atom. The largest absolute Gasteiger partial charge is 0.493 e. The number of carbonyl (C=O) groups is 1. The summed E-state index contributed by atoms with van der Waals surface area (Å²) in [5.41, 5.74) is 2.89. The maximum Gasteiger partial charge on any atom is 0.255 e. The van der Waals surface area contributed by atoms with Gasteiger partial charge in [-0.05, 0) is 38.1 Å². The van der Waals surface area contributed by atoms with Gasteiger partial charge >= 0.3 is 0 Å². The van der Waals surface area contributed by atoms with Crippen LogP contribution in [0.15, 0.2) is 52.6 Å². The highest BCUT2D eigenvalue weighted by atomic mass is 32.2. The first-order valence-corrected chi connectivity index (χ1v) is 10.8. The molecule has 2 aromatic carbocycles. The van der Waals surface area contributed by atoms with Gasteiger partial charge in [-0.25, -0.2) is 4.98 Å². The van der Waals surface area contributed by atoms with Crippen molar-refractivity contribution in [2.45, 2.75) is 23.8 Å². The minimum atomic E-state index is -0.309. The van der Waals surface area contributed by atoms with E-state index in [1.165, 1.54) is 39.4 Å². The molecule has 0 fully saturated rings. The number of benzene rings is 2. The van der Waals surface area contributed by atoms with Crippen LogP contribution in [0.5, 0.6) is 17.2 Å². The molecule has 0 saturated carbocycles. The number of hydrogen-bond donors (Lipinski definition) is 1. The van der Waals surface area contributed by atoms with Gasteiger partial charge in [-0.15, -0.1) is 0 Å². The van der Waals surface area contributed by atoms with Crippen LogP contribution in [0.25, 0.3) is 5.78 Å². The summed E-state index contributed by atoms with van der Waals surface area (Å²) in [5.74, 6) is 1.45. The number of aromatic nitrogens is 4. The molecule has 10 heteroatoms. The molecule has 0 aliphatic heterocycles. The minimum absolute atomic E-state index is 0.309. The molecule has 4 rings (SSSR count). The molecule has 33 heavy (non-hydrogen) atoms. The van der Waals surface area contributed by atoms with Crippen molar-refractivity contribution >= 4 is 29.1 Å². The first-order valence-electron chi connectivity index (χ1n) is 10.0. The number of anilines is 1. The highest BCUT2D eigenvalue weighted by Crippen LogP contribution is 2.39. The summed E-state index contributed by atoms with van der Waals surface area (Å²) >= 11 is 1.48. The lowest BCUT2D eigenvalue weighted by Crippen LogP contribution is -2.13. The standard InChI is InChI=1S/C23H23N5O4S/c1-13-14(2)26-23-24-12-25-28(23)22(13)33-19-9-7-6-8-16(19)27-21(29)15-10-17(30-3)20(32-5)18(11-15)31-4/h6-12H,1-5H3,(H,27,29). The summed E-state index contributed by atoms with van der Waals surface area (Å²) < 4.78 is 17.8. The molecule has 170 valence electrons. The van der Waals surface area contributed by atoms with Crippen LogP contribution in [0.2, 0.25) is 0 Å². The molecule has 0 aliphatic carbocycles. The van der Waals surface area contributed by atoms with Crippen LogP contribution in [0, 0.1) is 13.8 Å². The van der Waals surface area contributed by atoms with E-state index in [0.717, 1.165) is 21.2 Å². The summed E-state index contributed by atoms with van der Waals surface area (Å²) in [6, 6.07) is 10.8. The number of amides is 1. The fourth-order valence-electron chi connectivity index (χ4n) is 3.29. The Labute approximate surface area is 195 Å². The molecule has 0 radical (unpaired) electrons. The number of carbonyl (C=O) groups excluding carboxylic acids is 1. The fourth-order valence-corrected chi connectivity index (χ4v) is 4.39. The zero-order chi connectivity index (χ0) is 23.5. The molecule has 9 nitrogen and oxygen atoms in total. The van der Waals surface area contributed by atoms with E-state index in [9.17, 15) is 4.79 Å². The predicted octanol–water partition coefficient (Wildman–Crippen LogP) is 4.17. The quantitative estimate of drug-likeness (QED) is 0.406. The van der Waals surface area contributed by atoms with E-state index in [2.05, 4.69) is 20.4 Å². The van der Waals surface area contributed by atoms with Crippen molar-refractivity contribution in [3.63, 3.8) is 0 Å². The van der Waals surface area contributed by atoms with Gasteiger partial charge in [-0.1, -0.05) is 23.9 Å². The average molecular weight is 466 g/mol. The van der Waals surface area contributed by atoms with Crippen molar-refractivity contribution in [1.29, 1.82) is 0 Å². The zero-order valence-corrected chi connectivity index (χ0v) is 19.7. The van der Waals surface area contributed by atoms with E-state index in [4.69, 9.17) is 14.2 Å². The first-order chi connectivity index (χ1) is 16.0. The lowest BCUT2D eigenvalue weighted by atomic mass is 10.1. The Bertz CT molecular complexity index is 1310. The van der Waals surface area contributed by atoms with Gasteiger partial charge in [0.15, 0.2) is 11.5 Å². The van der Waals surface area contributed by atoms with Gasteiger partial charge in [-0.2, -0.15) is 14.6 Å². The summed E-state index contributed by atoms with van der Waals surface area (Å²) in [4.78, 5) is 22.7. The Morgan fingerprint density at radius 2 is 1.73 bits per heavy atom. The Hall–Kier alpha value is -3.79. The number of nitrogens with one attached hydrogen (secondary N) is 1. The monoisotopic (exact) mass is 465 g/mol. The number of fused-ring (bicyclic) bond motifs is 1. The normalized spacial score (nSPS) is 10.8. The third-order valence-electron chi connectivity index (χ3n) is 5.12. The minimum Gasteiger partial charge on any atom is -0.493 e. The Kier molecular flexibility index (Phi) is 6.36. The first kappa shape index (κ1) is 22.4. The molecule has 0 bridgehead atoms. The van der Waals surface area contributed by atoms with E-state index in [1.807, 2.05) is 38.1 Å². The second-order valence-corrected chi connectivity index (χ2v) is 8.10. The van der Waals surface area contributed by atoms with Gasteiger partial charge in [-0.3, -0.25) is 4.79 Å². The van der Waals surface area contributed by atoms with Gasteiger partial charge in [0.05, 0.1) is 27.0 Å². The predicted molar refractivity (Wildman–Crippen MR) is 125 cm³/mol. The molecule has 2 aromatic heterocycles. The van der Waals surface area contributed by atoms with Crippen LogP contribution >= 0.6 is 11.8 Å². The molecule has 0 spiro atoms. The molecule has 1 N–H and O–H groups in total. The van der Waals surface area contributed by atoms with Gasteiger partial charge in [0.25, 0.3) is 11.7 Å². The van der Waals surface area contributed by atoms with Crippen molar-refractivity contribution in [3.05, 3.63) is 59.5 Å². The lowest BCUT2D eigenvalue weighted by molar-refractivity contribution is 0.102. The van der Waals surface area contributed by atoms with Crippen LogP contribution < -0.4 is 19.5 Å². The number of aryl methyl sites for hydroxylation is 1. The maximum absolute atomic E-state index is 13.1. The molecule has 0 atom stereocenters. The number of hydrogen-bond acceptors (Lipinski definition) is 8. The smallest absolute Gasteiger partial charge is 0.255 e. The van der Waals surface area contributed by atoms with Gasteiger partial charge in [0.2, 0.25) is 5.75 Å². The second kappa shape index (κ2) is 9.37. The highest BCUT2D eigenvalue weighted by Gasteiger charge is 2.19. The van der Waals surface area contributed by atoms with Crippen LogP contribution in [0.3, 0.4) is 0 Å². The maximum atomic E-state index is 13.1. The van der Waals surface area contributed by atoms with Gasteiger partial charge in [0, 0.05) is 21.7 Å². The highest BCUT2D eigenvalue weighted by molar-refractivity contribution is 7.99. The van der Waals surface area contributed by atoms with E-state index < -0.39 is 0 Å². The van der Waals surface area contributed by atoms with Crippen molar-refractivity contribution in [1.82, 2.24) is 19.6 Å². The topological polar surface area (TPSA) is 99.9 Å². The molecule has 0 unspecified atom stereocenters. The Morgan fingerprint density at radius 1 is 1.03 bits per heavy atom. The molecular formula is C23H23N5O4S. The van der Waals surface area contributed by atoms with E-state index in [-0.39, 0.29) is 5.91 Å². The van der Waals surface area contributed by atoms with Crippen molar-refractivity contribution in [2.75, 3.05) is 26.6 Å². The van der Waals surface area contributed by atoms with Crippen LogP contribution in [-0.2, 0) is 0 Å². The molecule has 0 saturated heterocycles. The number of rotatable bonds is 7. The summed E-state index contributed by atoms with van der Waals surface area (Å²) in [5, 5.41) is 8.17. The number of methoxy groups -OCH3 is 3. The molecule has 0 aliphatic rings. The molecular weight excluding hydrogens is 442 g/mol. The summed E-state index contributed by atoms with van der Waals surface area (Å²) in [7, 11) is 4.53. The van der Waals surface area contributed by atoms with Crippen LogP contribution in [0.4, 0.5) is 5.69 Å². The van der Waals surface area contributed by atoms with Gasteiger partial charge in [0.1, 0.15) is 11.4 Å². The van der Waals surface area contributed by atoms with Crippen molar-refractivity contribution in [2.24, 2.45) is 0 Å². The number of nitrogens with zero attached hydrogens (tertiary/aromatic N) is 4. The Balaban J connectivity index is 1.68. The fraction of sp³-hybridized carbons (Fsp3) is 0.217. The third kappa shape index (κ3) is 4.29. The molecule has 2 heterocycles. The zero-order valence-electron chi connectivity index (χ0n) is 18.9. The summed E-state index contributed by atoms with van der Waals surface area (Å²) in [6.07, 6.45) is 1.48. The lowest BCUT2D eigenvalue weighted by Gasteiger charge is -2.15. The molecule has 1 amide bonds. The third-order valence-corrected chi connectivity index (χ3v) is 6.37. The van der Waals surface area contributed by atoms with E-state index in [0.29, 0.717) is 34.3 Å². The summed E-state index contributed by atoms with van der Waals surface area (Å²) in [6.45, 7) is 3.93.